The lowest BCUT2D eigenvalue weighted by atomic mass is 9.90. The lowest BCUT2D eigenvalue weighted by Gasteiger charge is -2.19. The summed E-state index contributed by atoms with van der Waals surface area (Å²) in [5.74, 6) is 0.986. The molecule has 1 heterocycles. The molecule has 1 aliphatic carbocycles. The van der Waals surface area contributed by atoms with E-state index in [1.54, 1.807) is 6.07 Å². The summed E-state index contributed by atoms with van der Waals surface area (Å²) in [7, 11) is 0. The molecule has 0 saturated carbocycles. The molecule has 19 heavy (non-hydrogen) atoms. The quantitative estimate of drug-likeness (QED) is 0.832. The number of nitrogens with one attached hydrogen (secondary N) is 1. The summed E-state index contributed by atoms with van der Waals surface area (Å²) in [5, 5.41) is 3.28. The molecule has 0 atom stereocenters. The predicted octanol–water partition coefficient (Wildman–Crippen LogP) is 3.44. The van der Waals surface area contributed by atoms with Crippen LogP contribution in [0.15, 0.2) is 28.9 Å². The second-order valence-electron chi connectivity index (χ2n) is 4.71. The van der Waals surface area contributed by atoms with E-state index in [0.29, 0.717) is 16.4 Å². The van der Waals surface area contributed by atoms with Crippen LogP contribution in [0.3, 0.4) is 0 Å². The number of fused-ring (bicyclic) bond motifs is 1. The third-order valence-corrected chi connectivity index (χ3v) is 3.76. The van der Waals surface area contributed by atoms with Gasteiger partial charge in [-0.1, -0.05) is 12.1 Å². The Balaban J connectivity index is 1.95. The van der Waals surface area contributed by atoms with Gasteiger partial charge in [-0.25, -0.2) is 4.98 Å². The monoisotopic (exact) mass is 318 g/mol. The standard InChI is InChI=1S/C14H15BrN4/c15-12-8-13(16)19-14(18-12)17-11-7-3-5-9-4-1-2-6-10(9)11/h3,5,7-8H,1-2,4,6H2,(H3,16,17,18,19). The molecule has 1 aromatic carbocycles. The molecular weight excluding hydrogens is 304 g/mol. The van der Waals surface area contributed by atoms with Crippen LogP contribution in [0.25, 0.3) is 0 Å². The molecule has 0 spiro atoms. The van der Waals surface area contributed by atoms with Crippen molar-refractivity contribution in [3.05, 3.63) is 40.0 Å². The SMILES string of the molecule is Nc1cc(Br)nc(Nc2cccc3c2CCCC3)n1. The lowest BCUT2D eigenvalue weighted by Crippen LogP contribution is -2.08. The van der Waals surface area contributed by atoms with E-state index >= 15 is 0 Å². The lowest BCUT2D eigenvalue weighted by molar-refractivity contribution is 0.687. The highest BCUT2D eigenvalue weighted by Crippen LogP contribution is 2.29. The first-order valence-corrected chi connectivity index (χ1v) is 7.19. The molecule has 5 heteroatoms. The van der Waals surface area contributed by atoms with Crippen LogP contribution >= 0.6 is 15.9 Å². The van der Waals surface area contributed by atoms with Gasteiger partial charge in [0.25, 0.3) is 0 Å². The van der Waals surface area contributed by atoms with Gasteiger partial charge in [0, 0.05) is 11.8 Å². The smallest absolute Gasteiger partial charge is 0.230 e. The van der Waals surface area contributed by atoms with Crippen molar-refractivity contribution < 1.29 is 0 Å². The molecule has 0 saturated heterocycles. The van der Waals surface area contributed by atoms with E-state index in [2.05, 4.69) is 49.4 Å². The van der Waals surface area contributed by atoms with E-state index in [0.717, 1.165) is 18.5 Å². The van der Waals surface area contributed by atoms with Crippen LogP contribution in [0.2, 0.25) is 0 Å². The van der Waals surface area contributed by atoms with Gasteiger partial charge in [0.15, 0.2) is 0 Å². The van der Waals surface area contributed by atoms with E-state index in [1.807, 2.05) is 0 Å². The van der Waals surface area contributed by atoms with Crippen LogP contribution in [-0.4, -0.2) is 9.97 Å². The van der Waals surface area contributed by atoms with E-state index in [1.165, 1.54) is 24.0 Å². The maximum atomic E-state index is 5.73. The second-order valence-corrected chi connectivity index (χ2v) is 5.53. The zero-order valence-electron chi connectivity index (χ0n) is 10.5. The van der Waals surface area contributed by atoms with Crippen molar-refractivity contribution in [2.75, 3.05) is 11.1 Å². The van der Waals surface area contributed by atoms with Crippen molar-refractivity contribution >= 4 is 33.4 Å². The largest absolute Gasteiger partial charge is 0.383 e. The number of rotatable bonds is 2. The molecule has 0 fully saturated rings. The maximum Gasteiger partial charge on any atom is 0.230 e. The van der Waals surface area contributed by atoms with Gasteiger partial charge in [-0.3, -0.25) is 0 Å². The Morgan fingerprint density at radius 1 is 1.16 bits per heavy atom. The topological polar surface area (TPSA) is 63.8 Å². The average Bonchev–Trinajstić information content (AvgIpc) is 2.38. The number of nitrogens with two attached hydrogens (primary N) is 1. The number of aromatic nitrogens is 2. The number of anilines is 3. The molecule has 0 radical (unpaired) electrons. The number of hydrogen-bond acceptors (Lipinski definition) is 4. The second kappa shape index (κ2) is 5.17. The third kappa shape index (κ3) is 2.71. The number of hydrogen-bond donors (Lipinski definition) is 2. The molecule has 1 aromatic heterocycles. The van der Waals surface area contributed by atoms with Gasteiger partial charge < -0.3 is 11.1 Å². The van der Waals surface area contributed by atoms with Crippen molar-refractivity contribution in [3.8, 4) is 0 Å². The molecule has 4 nitrogen and oxygen atoms in total. The number of nitrogen functional groups attached to an aromatic ring is 1. The molecule has 0 unspecified atom stereocenters. The normalized spacial score (nSPS) is 13.9. The van der Waals surface area contributed by atoms with Gasteiger partial charge in [-0.15, -0.1) is 0 Å². The molecule has 3 rings (SSSR count). The molecular formula is C14H15BrN4. The highest BCUT2D eigenvalue weighted by atomic mass is 79.9. The Labute approximate surface area is 120 Å². The fourth-order valence-corrected chi connectivity index (χ4v) is 2.91. The number of benzene rings is 1. The molecule has 0 amide bonds. The fraction of sp³-hybridized carbons (Fsp3) is 0.286. The van der Waals surface area contributed by atoms with E-state index in [9.17, 15) is 0 Å². The van der Waals surface area contributed by atoms with Crippen LogP contribution in [0.1, 0.15) is 24.0 Å². The number of aryl methyl sites for hydroxylation is 1. The minimum absolute atomic E-state index is 0.453. The molecule has 1 aliphatic rings. The summed E-state index contributed by atoms with van der Waals surface area (Å²) in [6.45, 7) is 0. The third-order valence-electron chi connectivity index (χ3n) is 3.36. The molecule has 2 aromatic rings. The molecule has 3 N–H and O–H groups in total. The zero-order valence-corrected chi connectivity index (χ0v) is 12.1. The highest BCUT2D eigenvalue weighted by molar-refractivity contribution is 9.10. The van der Waals surface area contributed by atoms with Crippen LogP contribution in [-0.2, 0) is 12.8 Å². The van der Waals surface area contributed by atoms with Crippen LogP contribution in [0.4, 0.5) is 17.5 Å². The van der Waals surface area contributed by atoms with Crippen LogP contribution in [0, 0.1) is 0 Å². The Kier molecular flexibility index (Phi) is 3.38. The Morgan fingerprint density at radius 3 is 2.84 bits per heavy atom. The minimum Gasteiger partial charge on any atom is -0.383 e. The van der Waals surface area contributed by atoms with Gasteiger partial charge in [0.05, 0.1) is 0 Å². The average molecular weight is 319 g/mol. The molecule has 98 valence electrons. The predicted molar refractivity (Wildman–Crippen MR) is 80.5 cm³/mol. The summed E-state index contributed by atoms with van der Waals surface area (Å²) in [5.41, 5.74) is 9.64. The van der Waals surface area contributed by atoms with Crippen molar-refractivity contribution in [1.29, 1.82) is 0 Å². The molecule has 0 bridgehead atoms. The summed E-state index contributed by atoms with van der Waals surface area (Å²) in [6, 6.07) is 8.04. The first-order valence-electron chi connectivity index (χ1n) is 6.40. The number of halogens is 1. The fourth-order valence-electron chi connectivity index (χ4n) is 2.51. The van der Waals surface area contributed by atoms with Crippen molar-refractivity contribution in [2.45, 2.75) is 25.7 Å². The summed E-state index contributed by atoms with van der Waals surface area (Å²) < 4.78 is 0.687. The van der Waals surface area contributed by atoms with Crippen molar-refractivity contribution in [2.24, 2.45) is 0 Å². The van der Waals surface area contributed by atoms with E-state index in [4.69, 9.17) is 5.73 Å². The molecule has 0 aliphatic heterocycles. The highest BCUT2D eigenvalue weighted by Gasteiger charge is 2.13. The summed E-state index contributed by atoms with van der Waals surface area (Å²) in [4.78, 5) is 8.50. The van der Waals surface area contributed by atoms with Gasteiger partial charge in [-0.2, -0.15) is 4.98 Å². The van der Waals surface area contributed by atoms with E-state index < -0.39 is 0 Å². The summed E-state index contributed by atoms with van der Waals surface area (Å²) in [6.07, 6.45) is 4.79. The minimum atomic E-state index is 0.453. The Hall–Kier alpha value is -1.62. The Morgan fingerprint density at radius 2 is 2.00 bits per heavy atom. The van der Waals surface area contributed by atoms with Crippen molar-refractivity contribution in [1.82, 2.24) is 9.97 Å². The van der Waals surface area contributed by atoms with Crippen LogP contribution < -0.4 is 11.1 Å². The zero-order chi connectivity index (χ0) is 13.2. The summed E-state index contributed by atoms with van der Waals surface area (Å²) >= 11 is 3.33. The first kappa shape index (κ1) is 12.4. The van der Waals surface area contributed by atoms with Gasteiger partial charge in [0.2, 0.25) is 5.95 Å². The van der Waals surface area contributed by atoms with Gasteiger partial charge >= 0.3 is 0 Å². The van der Waals surface area contributed by atoms with Gasteiger partial charge in [-0.05, 0) is 58.8 Å². The van der Waals surface area contributed by atoms with Gasteiger partial charge in [0.1, 0.15) is 10.4 Å². The van der Waals surface area contributed by atoms with Crippen molar-refractivity contribution in [3.63, 3.8) is 0 Å². The maximum absolute atomic E-state index is 5.73. The van der Waals surface area contributed by atoms with E-state index in [-0.39, 0.29) is 0 Å². The Bertz CT molecular complexity index is 592. The number of nitrogens with zero attached hydrogens (tertiary/aromatic N) is 2. The van der Waals surface area contributed by atoms with Crippen LogP contribution in [0.5, 0.6) is 0 Å². The first-order chi connectivity index (χ1) is 9.22.